The molecule has 3 N–H and O–H groups in total. The minimum absolute atomic E-state index is 0.105. The Kier molecular flexibility index (Phi) is 8.59. The van der Waals surface area contributed by atoms with Crippen LogP contribution in [-0.4, -0.2) is 58.0 Å². The standard InChI is InChI=1S/C25H40N4O3S/c1-25(2,3)28-33(31,32)23-14-21(24(30)27-17-20-11-8-12-29(4)18-20)13-22(15-23)26-16-19-9-6-5-7-10-19/h5-6,13-15,19-20,26,28H,7-12,16-18H2,1-4H3,(H,27,30)/t19-,20-/m1/s1. The van der Waals surface area contributed by atoms with Gasteiger partial charge in [-0.25, -0.2) is 13.1 Å². The molecular weight excluding hydrogens is 436 g/mol. The van der Waals surface area contributed by atoms with Gasteiger partial charge >= 0.3 is 0 Å². The SMILES string of the molecule is CN1CCC[C@H](CNC(=O)c2cc(NC[C@@H]3CC=CCC3)cc(S(=O)(=O)NC(C)(C)C)c2)C1. The second kappa shape index (κ2) is 11.0. The van der Waals surface area contributed by atoms with Crippen LogP contribution in [-0.2, 0) is 10.0 Å². The zero-order valence-electron chi connectivity index (χ0n) is 20.5. The number of amides is 1. The topological polar surface area (TPSA) is 90.5 Å². The third-order valence-corrected chi connectivity index (χ3v) is 7.90. The molecule has 1 aliphatic heterocycles. The Morgan fingerprint density at radius 3 is 2.55 bits per heavy atom. The second-order valence-corrected chi connectivity index (χ2v) is 12.3. The molecule has 8 heteroatoms. The number of hydrogen-bond donors (Lipinski definition) is 3. The summed E-state index contributed by atoms with van der Waals surface area (Å²) in [7, 11) is -1.67. The van der Waals surface area contributed by atoms with Crippen molar-refractivity contribution in [2.75, 3.05) is 38.5 Å². The van der Waals surface area contributed by atoms with Gasteiger partial charge in [0.2, 0.25) is 10.0 Å². The second-order valence-electron chi connectivity index (χ2n) is 10.6. The molecule has 1 heterocycles. The maximum atomic E-state index is 13.0. The fourth-order valence-corrected chi connectivity index (χ4v) is 6.02. The summed E-state index contributed by atoms with van der Waals surface area (Å²) in [6.45, 7) is 8.81. The molecule has 2 aliphatic rings. The largest absolute Gasteiger partial charge is 0.385 e. The molecule has 1 saturated heterocycles. The van der Waals surface area contributed by atoms with Gasteiger partial charge in [0.05, 0.1) is 4.90 Å². The first-order chi connectivity index (χ1) is 15.5. The van der Waals surface area contributed by atoms with Crippen molar-refractivity contribution < 1.29 is 13.2 Å². The van der Waals surface area contributed by atoms with Crippen LogP contribution in [0, 0.1) is 11.8 Å². The fourth-order valence-electron chi connectivity index (χ4n) is 4.53. The summed E-state index contributed by atoms with van der Waals surface area (Å²) in [4.78, 5) is 15.4. The highest BCUT2D eigenvalue weighted by Gasteiger charge is 2.25. The van der Waals surface area contributed by atoms with E-state index in [-0.39, 0.29) is 10.8 Å². The lowest BCUT2D eigenvalue weighted by Crippen LogP contribution is -2.40. The van der Waals surface area contributed by atoms with Crippen LogP contribution in [0.4, 0.5) is 5.69 Å². The summed E-state index contributed by atoms with van der Waals surface area (Å²) in [6.07, 6.45) is 9.82. The molecule has 2 atom stereocenters. The highest BCUT2D eigenvalue weighted by molar-refractivity contribution is 7.89. The van der Waals surface area contributed by atoms with Gasteiger partial charge in [-0.05, 0) is 96.5 Å². The van der Waals surface area contributed by atoms with Crippen molar-refractivity contribution in [3.8, 4) is 0 Å². The molecule has 1 aromatic carbocycles. The Morgan fingerprint density at radius 1 is 1.09 bits per heavy atom. The number of nitrogens with zero attached hydrogens (tertiary/aromatic N) is 1. The number of carbonyl (C=O) groups excluding carboxylic acids is 1. The zero-order valence-corrected chi connectivity index (χ0v) is 21.3. The predicted octanol–water partition coefficient (Wildman–Crippen LogP) is 3.60. The number of hydrogen-bond acceptors (Lipinski definition) is 5. The number of likely N-dealkylation sites (tertiary alicyclic amines) is 1. The third kappa shape index (κ3) is 8.12. The van der Waals surface area contributed by atoms with Crippen LogP contribution < -0.4 is 15.4 Å². The van der Waals surface area contributed by atoms with E-state index >= 15 is 0 Å². The normalized spacial score (nSPS) is 22.2. The molecule has 33 heavy (non-hydrogen) atoms. The molecule has 184 valence electrons. The monoisotopic (exact) mass is 476 g/mol. The van der Waals surface area contributed by atoms with E-state index < -0.39 is 15.6 Å². The molecule has 1 aromatic rings. The van der Waals surface area contributed by atoms with Gasteiger partial charge in [-0.1, -0.05) is 12.2 Å². The first kappa shape index (κ1) is 25.7. The molecule has 0 radical (unpaired) electrons. The summed E-state index contributed by atoms with van der Waals surface area (Å²) >= 11 is 0. The van der Waals surface area contributed by atoms with Crippen molar-refractivity contribution in [3.05, 3.63) is 35.9 Å². The van der Waals surface area contributed by atoms with Crippen molar-refractivity contribution in [3.63, 3.8) is 0 Å². The van der Waals surface area contributed by atoms with Crippen LogP contribution >= 0.6 is 0 Å². The molecular formula is C25H40N4O3S. The number of benzene rings is 1. The van der Waals surface area contributed by atoms with E-state index in [1.807, 2.05) is 0 Å². The average molecular weight is 477 g/mol. The number of anilines is 1. The average Bonchev–Trinajstić information content (AvgIpc) is 2.75. The fraction of sp³-hybridized carbons (Fsp3) is 0.640. The van der Waals surface area contributed by atoms with Gasteiger partial charge in [0.15, 0.2) is 0 Å². The lowest BCUT2D eigenvalue weighted by Gasteiger charge is -2.29. The van der Waals surface area contributed by atoms with E-state index in [0.29, 0.717) is 29.6 Å². The minimum atomic E-state index is -3.77. The van der Waals surface area contributed by atoms with Crippen molar-refractivity contribution >= 4 is 21.6 Å². The van der Waals surface area contributed by atoms with E-state index in [1.54, 1.807) is 32.9 Å². The van der Waals surface area contributed by atoms with Gasteiger partial charge in [-0.2, -0.15) is 0 Å². The number of sulfonamides is 1. The Hall–Kier alpha value is -1.90. The van der Waals surface area contributed by atoms with E-state index in [1.165, 1.54) is 6.07 Å². The van der Waals surface area contributed by atoms with E-state index in [2.05, 4.69) is 39.5 Å². The van der Waals surface area contributed by atoms with Gasteiger partial charge in [0.25, 0.3) is 5.91 Å². The number of carbonyl (C=O) groups is 1. The van der Waals surface area contributed by atoms with Gasteiger partial charge in [0.1, 0.15) is 0 Å². The van der Waals surface area contributed by atoms with E-state index in [0.717, 1.165) is 51.7 Å². The molecule has 0 bridgehead atoms. The molecule has 1 fully saturated rings. The van der Waals surface area contributed by atoms with Crippen molar-refractivity contribution in [2.24, 2.45) is 11.8 Å². The smallest absolute Gasteiger partial charge is 0.251 e. The molecule has 7 nitrogen and oxygen atoms in total. The van der Waals surface area contributed by atoms with Crippen LogP contribution in [0.15, 0.2) is 35.2 Å². The summed E-state index contributed by atoms with van der Waals surface area (Å²) in [5.74, 6) is 0.683. The molecule has 1 aliphatic carbocycles. The Balaban J connectivity index is 1.78. The molecule has 3 rings (SSSR count). The Morgan fingerprint density at radius 2 is 1.88 bits per heavy atom. The number of allylic oxidation sites excluding steroid dienone is 2. The molecule has 0 spiro atoms. The predicted molar refractivity (Wildman–Crippen MR) is 134 cm³/mol. The van der Waals surface area contributed by atoms with Crippen molar-refractivity contribution in [2.45, 2.75) is 63.3 Å². The first-order valence-electron chi connectivity index (χ1n) is 12.1. The summed E-state index contributed by atoms with van der Waals surface area (Å²) in [5.41, 5.74) is 0.400. The van der Waals surface area contributed by atoms with Crippen LogP contribution in [0.1, 0.15) is 63.2 Å². The first-order valence-corrected chi connectivity index (χ1v) is 13.5. The molecule has 0 unspecified atom stereocenters. The molecule has 0 aromatic heterocycles. The summed E-state index contributed by atoms with van der Waals surface area (Å²) in [6, 6.07) is 4.86. The zero-order chi connectivity index (χ0) is 24.1. The number of piperidine rings is 1. The highest BCUT2D eigenvalue weighted by Crippen LogP contribution is 2.24. The van der Waals surface area contributed by atoms with Crippen LogP contribution in [0.25, 0.3) is 0 Å². The third-order valence-electron chi connectivity index (χ3n) is 6.17. The minimum Gasteiger partial charge on any atom is -0.385 e. The number of rotatable bonds is 8. The van der Waals surface area contributed by atoms with Crippen LogP contribution in [0.2, 0.25) is 0 Å². The van der Waals surface area contributed by atoms with Crippen molar-refractivity contribution in [1.82, 2.24) is 14.9 Å². The highest BCUT2D eigenvalue weighted by atomic mass is 32.2. The van der Waals surface area contributed by atoms with Crippen molar-refractivity contribution in [1.29, 1.82) is 0 Å². The molecule has 0 saturated carbocycles. The Labute approximate surface area is 199 Å². The van der Waals surface area contributed by atoms with Crippen LogP contribution in [0.3, 0.4) is 0 Å². The van der Waals surface area contributed by atoms with E-state index in [4.69, 9.17) is 0 Å². The van der Waals surface area contributed by atoms with Crippen LogP contribution in [0.5, 0.6) is 0 Å². The van der Waals surface area contributed by atoms with E-state index in [9.17, 15) is 13.2 Å². The summed E-state index contributed by atoms with van der Waals surface area (Å²) < 4.78 is 28.8. The number of nitrogens with one attached hydrogen (secondary N) is 3. The Bertz CT molecular complexity index is 953. The lowest BCUT2D eigenvalue weighted by molar-refractivity contribution is 0.0936. The van der Waals surface area contributed by atoms with Gasteiger partial charge < -0.3 is 15.5 Å². The maximum Gasteiger partial charge on any atom is 0.251 e. The van der Waals surface area contributed by atoms with Gasteiger partial charge in [-0.15, -0.1) is 0 Å². The molecule has 1 amide bonds. The maximum absolute atomic E-state index is 13.0. The van der Waals surface area contributed by atoms with Gasteiger partial charge in [-0.3, -0.25) is 4.79 Å². The van der Waals surface area contributed by atoms with Gasteiger partial charge in [0, 0.05) is 36.4 Å². The summed E-state index contributed by atoms with van der Waals surface area (Å²) in [5, 5.41) is 6.41. The lowest BCUT2D eigenvalue weighted by atomic mass is 9.94. The quantitative estimate of drug-likeness (QED) is 0.499.